The first kappa shape index (κ1) is 45.3. The van der Waals surface area contributed by atoms with Crippen molar-refractivity contribution in [1.82, 2.24) is 0 Å². The molecule has 1 aromatic carbocycles. The van der Waals surface area contributed by atoms with Gasteiger partial charge in [-0.05, 0) is 67.4 Å². The molecule has 2 heterocycles. The van der Waals surface area contributed by atoms with E-state index in [4.69, 9.17) is 28.4 Å². The van der Waals surface area contributed by atoms with Gasteiger partial charge in [0.1, 0.15) is 12.2 Å². The summed E-state index contributed by atoms with van der Waals surface area (Å²) >= 11 is 0. The minimum Gasteiger partial charge on any atom is -0.458 e. The van der Waals surface area contributed by atoms with Crippen molar-refractivity contribution in [3.05, 3.63) is 35.9 Å². The fourth-order valence-corrected chi connectivity index (χ4v) is 9.05. The predicted octanol–water partition coefficient (Wildman–Crippen LogP) is 7.47. The van der Waals surface area contributed by atoms with Gasteiger partial charge in [0, 0.05) is 45.5 Å². The van der Waals surface area contributed by atoms with Gasteiger partial charge < -0.3 is 38.6 Å². The highest BCUT2D eigenvalue weighted by atomic mass is 16.7. The van der Waals surface area contributed by atoms with E-state index in [1.165, 1.54) is 7.11 Å². The Kier molecular flexibility index (Phi) is 17.7. The summed E-state index contributed by atoms with van der Waals surface area (Å²) in [7, 11) is 4.69. The molecule has 1 aromatic rings. The van der Waals surface area contributed by atoms with Gasteiger partial charge in [-0.2, -0.15) is 0 Å². The van der Waals surface area contributed by atoms with E-state index >= 15 is 0 Å². The summed E-state index contributed by atoms with van der Waals surface area (Å²) in [5.41, 5.74) is 0.462. The van der Waals surface area contributed by atoms with Crippen LogP contribution >= 0.6 is 0 Å². The third kappa shape index (κ3) is 11.7. The number of hydrogen-bond donors (Lipinski definition) is 2. The Morgan fingerprint density at radius 3 is 2.04 bits per heavy atom. The summed E-state index contributed by atoms with van der Waals surface area (Å²) in [6.07, 6.45) is 0.205. The highest BCUT2D eigenvalue weighted by Gasteiger charge is 2.54. The molecule has 2 fully saturated rings. The van der Waals surface area contributed by atoms with Gasteiger partial charge >= 0.3 is 11.9 Å². The van der Waals surface area contributed by atoms with Crippen LogP contribution in [0.15, 0.2) is 30.3 Å². The molecule has 0 amide bonds. The minimum atomic E-state index is -1.31. The van der Waals surface area contributed by atoms with Gasteiger partial charge in [-0.25, -0.2) is 9.59 Å². The van der Waals surface area contributed by atoms with E-state index in [2.05, 4.69) is 41.5 Å². The maximum Gasteiger partial charge on any atom is 0.338 e. The van der Waals surface area contributed by atoms with Crippen molar-refractivity contribution in [2.75, 3.05) is 21.3 Å². The van der Waals surface area contributed by atoms with Crippen LogP contribution in [0.2, 0.25) is 0 Å². The van der Waals surface area contributed by atoms with Gasteiger partial charge in [0.25, 0.3) is 0 Å². The monoisotopic (exact) mass is 749 g/mol. The lowest BCUT2D eigenvalue weighted by Crippen LogP contribution is -2.60. The molecule has 2 aliphatic rings. The molecule has 0 bridgehead atoms. The van der Waals surface area contributed by atoms with Crippen LogP contribution in [0.25, 0.3) is 0 Å². The number of methoxy groups -OCH3 is 3. The lowest BCUT2D eigenvalue weighted by Gasteiger charge is -2.52. The molecule has 2 saturated heterocycles. The predicted molar refractivity (Wildman–Crippen MR) is 205 cm³/mol. The SMILES string of the molecule is COC1CC(C)C[C@@H](C)[C@H](O)[C@@H](C)CC(C)CCC[C@H](OC)[C@@H]([C@@H](C)[C@@H](O)[C@H](C)[C@@]2(OC)C[C@@H](OC(=O)c3ccccc3)[C@H](C)[C@@H](C(C)C)O2)OC1=O. The number of esters is 2. The summed E-state index contributed by atoms with van der Waals surface area (Å²) in [6, 6.07) is 8.92. The van der Waals surface area contributed by atoms with E-state index in [0.29, 0.717) is 24.3 Å². The molecule has 0 radical (unpaired) electrons. The summed E-state index contributed by atoms with van der Waals surface area (Å²) in [6.45, 7) is 18.4. The van der Waals surface area contributed by atoms with Crippen molar-refractivity contribution in [3.8, 4) is 0 Å². The number of aliphatic hydroxyl groups is 2. The molecule has 53 heavy (non-hydrogen) atoms. The lowest BCUT2D eigenvalue weighted by atomic mass is 9.75. The molecule has 10 heteroatoms. The molecule has 15 atom stereocenters. The summed E-state index contributed by atoms with van der Waals surface area (Å²) in [5.74, 6) is -2.81. The third-order valence-corrected chi connectivity index (χ3v) is 12.4. The summed E-state index contributed by atoms with van der Waals surface area (Å²) in [5, 5.41) is 23.4. The molecule has 0 saturated carbocycles. The first-order valence-electron chi connectivity index (χ1n) is 20.1. The second-order valence-electron chi connectivity index (χ2n) is 17.0. The highest BCUT2D eigenvalue weighted by Crippen LogP contribution is 2.45. The van der Waals surface area contributed by atoms with E-state index in [-0.39, 0.29) is 42.1 Å². The molecular weight excluding hydrogens is 676 g/mol. The largest absolute Gasteiger partial charge is 0.458 e. The zero-order valence-corrected chi connectivity index (χ0v) is 34.7. The van der Waals surface area contributed by atoms with Crippen molar-refractivity contribution in [1.29, 1.82) is 0 Å². The van der Waals surface area contributed by atoms with Gasteiger partial charge in [0.2, 0.25) is 0 Å². The van der Waals surface area contributed by atoms with E-state index < -0.39 is 66.2 Å². The Bertz CT molecular complexity index is 1240. The quantitative estimate of drug-likeness (QED) is 0.233. The fraction of sp³-hybridized carbons (Fsp3) is 0.814. The number of hydrogen-bond acceptors (Lipinski definition) is 10. The zero-order chi connectivity index (χ0) is 39.6. The van der Waals surface area contributed by atoms with Crippen LogP contribution < -0.4 is 0 Å². The molecule has 10 nitrogen and oxygen atoms in total. The molecular formula is C43H72O10. The standard InChI is InChI=1S/C43H72O10/c1-25(2)39-30(7)36(51-41(46)33-18-14-13-15-19-33)24-43(50-12,53-39)32(9)38(45)31(8)40-34(48-10)20-16-17-26(3)21-28(5)37(44)29(6)22-27(4)23-35(49-11)42(47)52-40/h13-15,18-19,25-32,34-40,44-45H,16-17,20-24H2,1-12H3/t26?,27?,28-,29+,30-,31-,32-,34-,35?,36+,37+,38+,39+,40+,43+/m0/s1. The van der Waals surface area contributed by atoms with Gasteiger partial charge in [-0.1, -0.05) is 93.4 Å². The molecule has 3 rings (SSSR count). The number of benzene rings is 1. The van der Waals surface area contributed by atoms with E-state index in [1.807, 2.05) is 26.8 Å². The number of carbonyl (C=O) groups excluding carboxylic acids is 2. The van der Waals surface area contributed by atoms with Crippen LogP contribution in [0.4, 0.5) is 0 Å². The van der Waals surface area contributed by atoms with Crippen LogP contribution in [0.1, 0.15) is 118 Å². The second kappa shape index (κ2) is 20.7. The maximum absolute atomic E-state index is 13.9. The molecule has 2 aliphatic heterocycles. The van der Waals surface area contributed by atoms with Gasteiger partial charge in [0.05, 0.1) is 30.0 Å². The highest BCUT2D eigenvalue weighted by molar-refractivity contribution is 5.89. The van der Waals surface area contributed by atoms with Gasteiger partial charge in [-0.15, -0.1) is 0 Å². The van der Waals surface area contributed by atoms with E-state index in [1.54, 1.807) is 38.5 Å². The number of aliphatic hydroxyl groups excluding tert-OH is 2. The average Bonchev–Trinajstić information content (AvgIpc) is 3.14. The summed E-state index contributed by atoms with van der Waals surface area (Å²) in [4.78, 5) is 27.2. The smallest absolute Gasteiger partial charge is 0.338 e. The Labute approximate surface area is 320 Å². The maximum atomic E-state index is 13.9. The van der Waals surface area contributed by atoms with Crippen LogP contribution in [-0.4, -0.2) is 92.0 Å². The van der Waals surface area contributed by atoms with Crippen LogP contribution in [0.5, 0.6) is 0 Å². The van der Waals surface area contributed by atoms with Crippen molar-refractivity contribution in [2.24, 2.45) is 47.3 Å². The Hall–Kier alpha value is -2.08. The Morgan fingerprint density at radius 1 is 0.849 bits per heavy atom. The number of carbonyl (C=O) groups is 2. The van der Waals surface area contributed by atoms with Crippen molar-refractivity contribution >= 4 is 11.9 Å². The Morgan fingerprint density at radius 2 is 1.47 bits per heavy atom. The van der Waals surface area contributed by atoms with Crippen molar-refractivity contribution in [2.45, 2.75) is 156 Å². The fourth-order valence-electron chi connectivity index (χ4n) is 9.05. The zero-order valence-electron chi connectivity index (χ0n) is 34.7. The minimum absolute atomic E-state index is 0.0661. The molecule has 304 valence electrons. The van der Waals surface area contributed by atoms with Crippen LogP contribution in [0, 0.1) is 47.3 Å². The molecule has 2 N–H and O–H groups in total. The van der Waals surface area contributed by atoms with E-state index in [9.17, 15) is 19.8 Å². The summed E-state index contributed by atoms with van der Waals surface area (Å²) < 4.78 is 37.3. The Balaban J connectivity index is 1.94. The number of rotatable bonds is 10. The topological polar surface area (TPSA) is 130 Å². The molecule has 0 aromatic heterocycles. The van der Waals surface area contributed by atoms with Crippen LogP contribution in [-0.2, 0) is 33.2 Å². The van der Waals surface area contributed by atoms with Gasteiger partial charge in [0.15, 0.2) is 11.9 Å². The normalized spacial score (nSPS) is 37.3. The average molecular weight is 749 g/mol. The molecule has 0 aliphatic carbocycles. The number of cyclic esters (lactones) is 1. The molecule has 0 spiro atoms. The lowest BCUT2D eigenvalue weighted by molar-refractivity contribution is -0.338. The van der Waals surface area contributed by atoms with Crippen molar-refractivity contribution < 1.29 is 48.2 Å². The molecule has 3 unspecified atom stereocenters. The van der Waals surface area contributed by atoms with Gasteiger partial charge in [-0.3, -0.25) is 0 Å². The van der Waals surface area contributed by atoms with E-state index in [0.717, 1.165) is 25.7 Å². The third-order valence-electron chi connectivity index (χ3n) is 12.4. The first-order chi connectivity index (χ1) is 25.0. The number of ether oxygens (including phenoxy) is 6. The van der Waals surface area contributed by atoms with Crippen molar-refractivity contribution in [3.63, 3.8) is 0 Å². The first-order valence-corrected chi connectivity index (χ1v) is 20.1. The second-order valence-corrected chi connectivity index (χ2v) is 17.0. The van der Waals surface area contributed by atoms with Crippen LogP contribution in [0.3, 0.4) is 0 Å².